The highest BCUT2D eigenvalue weighted by Crippen LogP contribution is 2.19. The number of aliphatic hydroxyl groups excluding tert-OH is 1. The number of nitrogens with one attached hydrogen (secondary N) is 1. The first-order valence-corrected chi connectivity index (χ1v) is 7.09. The number of carbonyl (C=O) groups excluding carboxylic acids is 2. The van der Waals surface area contributed by atoms with Gasteiger partial charge in [0, 0.05) is 6.54 Å². The van der Waals surface area contributed by atoms with Crippen LogP contribution in [0.3, 0.4) is 0 Å². The molecule has 6 nitrogen and oxygen atoms in total. The normalized spacial score (nSPS) is 9.86. The summed E-state index contributed by atoms with van der Waals surface area (Å²) in [5.74, 6) is -0.277. The molecular formula is C16H21NO5. The van der Waals surface area contributed by atoms with Gasteiger partial charge in [0.25, 0.3) is 0 Å². The number of rotatable bonds is 10. The maximum Gasteiger partial charge on any atom is 0.342 e. The topological polar surface area (TPSA) is 84.9 Å². The Kier molecular flexibility index (Phi) is 8.37. The second-order valence-electron chi connectivity index (χ2n) is 4.41. The van der Waals surface area contributed by atoms with Gasteiger partial charge >= 0.3 is 5.97 Å². The zero-order chi connectivity index (χ0) is 16.2. The highest BCUT2D eigenvalue weighted by molar-refractivity contribution is 5.92. The number of esters is 1. The highest BCUT2D eigenvalue weighted by Gasteiger charge is 2.13. The molecule has 0 radical (unpaired) electrons. The number of unbranched alkanes of at least 4 members (excludes halogenated alkanes) is 1. The maximum absolute atomic E-state index is 11.8. The Morgan fingerprint density at radius 2 is 2.00 bits per heavy atom. The standard InChI is InChI=1S/C16H21NO5/c1-2-15(19)17-9-5-6-11-21-14-8-4-3-7-13(14)16(20)22-12-10-18/h2-4,7-8,18H,1,5-6,9-12H2,(H,17,19). The fourth-order valence-corrected chi connectivity index (χ4v) is 1.67. The molecule has 0 fully saturated rings. The van der Waals surface area contributed by atoms with Crippen LogP contribution in [0.5, 0.6) is 5.75 Å². The van der Waals surface area contributed by atoms with Crippen LogP contribution in [0.2, 0.25) is 0 Å². The number of ether oxygens (including phenoxy) is 2. The molecule has 0 spiro atoms. The van der Waals surface area contributed by atoms with Gasteiger partial charge in [-0.3, -0.25) is 4.79 Å². The second kappa shape index (κ2) is 10.4. The average Bonchev–Trinajstić information content (AvgIpc) is 2.55. The van der Waals surface area contributed by atoms with Gasteiger partial charge < -0.3 is 19.9 Å². The Labute approximate surface area is 129 Å². The van der Waals surface area contributed by atoms with E-state index in [1.165, 1.54) is 6.08 Å². The molecule has 120 valence electrons. The van der Waals surface area contributed by atoms with E-state index < -0.39 is 5.97 Å². The number of aliphatic hydroxyl groups is 1. The Balaban J connectivity index is 2.37. The van der Waals surface area contributed by atoms with Gasteiger partial charge in [-0.05, 0) is 31.1 Å². The third-order valence-electron chi connectivity index (χ3n) is 2.74. The van der Waals surface area contributed by atoms with Gasteiger partial charge in [0.15, 0.2) is 0 Å². The number of hydrogen-bond acceptors (Lipinski definition) is 5. The third kappa shape index (κ3) is 6.41. The van der Waals surface area contributed by atoms with Crippen LogP contribution in [-0.2, 0) is 9.53 Å². The molecule has 0 saturated heterocycles. The van der Waals surface area contributed by atoms with Crippen molar-refractivity contribution in [3.05, 3.63) is 42.5 Å². The second-order valence-corrected chi connectivity index (χ2v) is 4.41. The number of benzene rings is 1. The van der Waals surface area contributed by atoms with E-state index in [4.69, 9.17) is 14.6 Å². The maximum atomic E-state index is 11.8. The molecule has 0 aliphatic rings. The van der Waals surface area contributed by atoms with E-state index >= 15 is 0 Å². The summed E-state index contributed by atoms with van der Waals surface area (Å²) in [6, 6.07) is 6.78. The molecule has 1 aromatic carbocycles. The number of hydrogen-bond donors (Lipinski definition) is 2. The molecule has 0 atom stereocenters. The molecule has 1 amide bonds. The molecule has 22 heavy (non-hydrogen) atoms. The van der Waals surface area contributed by atoms with E-state index in [9.17, 15) is 9.59 Å². The predicted molar refractivity (Wildman–Crippen MR) is 81.7 cm³/mol. The van der Waals surface area contributed by atoms with Crippen molar-refractivity contribution >= 4 is 11.9 Å². The summed E-state index contributed by atoms with van der Waals surface area (Å²) in [7, 11) is 0. The lowest BCUT2D eigenvalue weighted by atomic mass is 10.2. The predicted octanol–water partition coefficient (Wildman–Crippen LogP) is 1.30. The van der Waals surface area contributed by atoms with Crippen LogP contribution in [0.1, 0.15) is 23.2 Å². The fraction of sp³-hybridized carbons (Fsp3) is 0.375. The highest BCUT2D eigenvalue weighted by atomic mass is 16.5. The van der Waals surface area contributed by atoms with E-state index in [2.05, 4.69) is 11.9 Å². The number of carbonyl (C=O) groups is 2. The minimum Gasteiger partial charge on any atom is -0.493 e. The molecular weight excluding hydrogens is 286 g/mol. The minimum atomic E-state index is -0.525. The largest absolute Gasteiger partial charge is 0.493 e. The first kappa shape index (κ1) is 17.7. The summed E-state index contributed by atoms with van der Waals surface area (Å²) in [5, 5.41) is 11.3. The molecule has 2 N–H and O–H groups in total. The van der Waals surface area contributed by atoms with Crippen molar-refractivity contribution in [2.24, 2.45) is 0 Å². The van der Waals surface area contributed by atoms with Gasteiger partial charge in [-0.1, -0.05) is 18.7 Å². The van der Waals surface area contributed by atoms with Gasteiger partial charge in [-0.15, -0.1) is 0 Å². The van der Waals surface area contributed by atoms with Crippen LogP contribution >= 0.6 is 0 Å². The molecule has 0 saturated carbocycles. The molecule has 6 heteroatoms. The van der Waals surface area contributed by atoms with Gasteiger partial charge in [0.1, 0.15) is 17.9 Å². The van der Waals surface area contributed by atoms with E-state index in [1.54, 1.807) is 24.3 Å². The zero-order valence-electron chi connectivity index (χ0n) is 12.4. The average molecular weight is 307 g/mol. The van der Waals surface area contributed by atoms with Crippen molar-refractivity contribution in [3.63, 3.8) is 0 Å². The first-order valence-electron chi connectivity index (χ1n) is 7.09. The number of amides is 1. The van der Waals surface area contributed by atoms with Crippen LogP contribution in [0.25, 0.3) is 0 Å². The summed E-state index contributed by atoms with van der Waals surface area (Å²) in [4.78, 5) is 22.7. The Hall–Kier alpha value is -2.34. The lowest BCUT2D eigenvalue weighted by Gasteiger charge is -2.11. The molecule has 1 aromatic rings. The smallest absolute Gasteiger partial charge is 0.342 e. The minimum absolute atomic E-state index is 0.0455. The van der Waals surface area contributed by atoms with Crippen molar-refractivity contribution in [2.45, 2.75) is 12.8 Å². The van der Waals surface area contributed by atoms with Crippen molar-refractivity contribution in [3.8, 4) is 5.75 Å². The third-order valence-corrected chi connectivity index (χ3v) is 2.74. The Morgan fingerprint density at radius 1 is 1.23 bits per heavy atom. The summed E-state index contributed by atoms with van der Waals surface area (Å²) < 4.78 is 10.5. The summed E-state index contributed by atoms with van der Waals surface area (Å²) in [5.41, 5.74) is 0.330. The van der Waals surface area contributed by atoms with E-state index in [1.807, 2.05) is 0 Å². The van der Waals surface area contributed by atoms with Crippen LogP contribution < -0.4 is 10.1 Å². The summed E-state index contributed by atoms with van der Waals surface area (Å²) >= 11 is 0. The van der Waals surface area contributed by atoms with E-state index in [-0.39, 0.29) is 19.1 Å². The molecule has 0 bridgehead atoms. The van der Waals surface area contributed by atoms with Crippen molar-refractivity contribution < 1.29 is 24.2 Å². The van der Waals surface area contributed by atoms with Crippen molar-refractivity contribution in [1.82, 2.24) is 5.32 Å². The van der Waals surface area contributed by atoms with E-state index in [0.29, 0.717) is 24.5 Å². The van der Waals surface area contributed by atoms with Crippen LogP contribution in [0.15, 0.2) is 36.9 Å². The van der Waals surface area contributed by atoms with E-state index in [0.717, 1.165) is 12.8 Å². The first-order chi connectivity index (χ1) is 10.7. The molecule has 1 rings (SSSR count). The van der Waals surface area contributed by atoms with Crippen molar-refractivity contribution in [2.75, 3.05) is 26.4 Å². The monoisotopic (exact) mass is 307 g/mol. The van der Waals surface area contributed by atoms with Gasteiger partial charge in [-0.2, -0.15) is 0 Å². The molecule has 0 aliphatic heterocycles. The SMILES string of the molecule is C=CC(=O)NCCCCOc1ccccc1C(=O)OCCO. The van der Waals surface area contributed by atoms with Crippen LogP contribution in [0, 0.1) is 0 Å². The number of para-hydroxylation sites is 1. The lowest BCUT2D eigenvalue weighted by Crippen LogP contribution is -2.22. The summed E-state index contributed by atoms with van der Waals surface area (Å²) in [6.07, 6.45) is 2.72. The quantitative estimate of drug-likeness (QED) is 0.386. The van der Waals surface area contributed by atoms with Gasteiger partial charge in [0.2, 0.25) is 5.91 Å². The van der Waals surface area contributed by atoms with Crippen LogP contribution in [0.4, 0.5) is 0 Å². The van der Waals surface area contributed by atoms with Gasteiger partial charge in [0.05, 0.1) is 13.2 Å². The summed E-state index contributed by atoms with van der Waals surface area (Å²) in [6.45, 7) is 4.08. The molecule has 0 heterocycles. The molecule has 0 unspecified atom stereocenters. The fourth-order valence-electron chi connectivity index (χ4n) is 1.67. The Bertz CT molecular complexity index is 501. The molecule has 0 aliphatic carbocycles. The zero-order valence-corrected chi connectivity index (χ0v) is 12.4. The Morgan fingerprint density at radius 3 is 2.73 bits per heavy atom. The van der Waals surface area contributed by atoms with Crippen molar-refractivity contribution in [1.29, 1.82) is 0 Å². The molecule has 0 aromatic heterocycles. The van der Waals surface area contributed by atoms with Gasteiger partial charge in [-0.25, -0.2) is 4.79 Å². The van der Waals surface area contributed by atoms with Crippen LogP contribution in [-0.4, -0.2) is 43.3 Å². The lowest BCUT2D eigenvalue weighted by molar-refractivity contribution is -0.116.